The van der Waals surface area contributed by atoms with Gasteiger partial charge in [-0.05, 0) is 37.0 Å². The van der Waals surface area contributed by atoms with Gasteiger partial charge in [-0.1, -0.05) is 6.07 Å². The van der Waals surface area contributed by atoms with Crippen LogP contribution >= 0.6 is 0 Å². The van der Waals surface area contributed by atoms with E-state index in [1.165, 1.54) is 10.4 Å². The molecule has 0 bridgehead atoms. The molecular formula is C14H16N2O4S. The average molecular weight is 308 g/mol. The van der Waals surface area contributed by atoms with Gasteiger partial charge in [-0.2, -0.15) is 9.57 Å². The Morgan fingerprint density at radius 1 is 1.52 bits per heavy atom. The maximum Gasteiger partial charge on any atom is 0.303 e. The van der Waals surface area contributed by atoms with Crippen molar-refractivity contribution in [2.75, 3.05) is 13.1 Å². The van der Waals surface area contributed by atoms with Crippen LogP contribution in [0.4, 0.5) is 0 Å². The molecule has 1 unspecified atom stereocenters. The van der Waals surface area contributed by atoms with Gasteiger partial charge >= 0.3 is 5.97 Å². The molecule has 21 heavy (non-hydrogen) atoms. The van der Waals surface area contributed by atoms with Crippen LogP contribution in [-0.4, -0.2) is 36.9 Å². The highest BCUT2D eigenvalue weighted by Gasteiger charge is 2.34. The Morgan fingerprint density at radius 3 is 2.86 bits per heavy atom. The number of carboxylic acids is 1. The molecule has 1 aromatic rings. The largest absolute Gasteiger partial charge is 0.481 e. The molecule has 7 heteroatoms. The normalized spacial score (nSPS) is 19.3. The Hall–Kier alpha value is -1.91. The van der Waals surface area contributed by atoms with Crippen molar-refractivity contribution < 1.29 is 18.3 Å². The van der Waals surface area contributed by atoms with Crippen LogP contribution in [0.1, 0.15) is 24.0 Å². The molecule has 0 amide bonds. The van der Waals surface area contributed by atoms with Gasteiger partial charge in [-0.25, -0.2) is 8.42 Å². The second kappa shape index (κ2) is 5.84. The van der Waals surface area contributed by atoms with Crippen molar-refractivity contribution >= 4 is 16.0 Å². The van der Waals surface area contributed by atoms with Gasteiger partial charge in [-0.15, -0.1) is 0 Å². The molecule has 2 rings (SSSR count). The predicted molar refractivity (Wildman–Crippen MR) is 75.0 cm³/mol. The number of rotatable bonds is 4. The molecule has 112 valence electrons. The zero-order chi connectivity index (χ0) is 15.6. The van der Waals surface area contributed by atoms with Gasteiger partial charge in [0.2, 0.25) is 10.0 Å². The third kappa shape index (κ3) is 3.23. The number of aryl methyl sites for hydroxylation is 1. The molecule has 1 fully saturated rings. The van der Waals surface area contributed by atoms with Crippen LogP contribution in [0.25, 0.3) is 0 Å². The van der Waals surface area contributed by atoms with Crippen LogP contribution in [0.3, 0.4) is 0 Å². The van der Waals surface area contributed by atoms with Crippen LogP contribution in [0, 0.1) is 24.2 Å². The number of carboxylic acid groups (broad SMARTS) is 1. The number of benzene rings is 1. The number of hydrogen-bond acceptors (Lipinski definition) is 4. The topological polar surface area (TPSA) is 98.5 Å². The number of hydrogen-bond donors (Lipinski definition) is 1. The summed E-state index contributed by atoms with van der Waals surface area (Å²) in [5.74, 6) is -1.07. The molecule has 1 N–H and O–H groups in total. The minimum absolute atomic E-state index is 0.0246. The van der Waals surface area contributed by atoms with Gasteiger partial charge < -0.3 is 5.11 Å². The zero-order valence-corrected chi connectivity index (χ0v) is 12.4. The second-order valence-electron chi connectivity index (χ2n) is 5.21. The maximum atomic E-state index is 12.6. The molecule has 1 aromatic carbocycles. The molecular weight excluding hydrogens is 292 g/mol. The summed E-state index contributed by atoms with van der Waals surface area (Å²) in [6, 6.07) is 6.48. The molecule has 1 saturated heterocycles. The fourth-order valence-corrected chi connectivity index (χ4v) is 4.30. The summed E-state index contributed by atoms with van der Waals surface area (Å²) >= 11 is 0. The van der Waals surface area contributed by atoms with Crippen molar-refractivity contribution in [3.05, 3.63) is 29.3 Å². The summed E-state index contributed by atoms with van der Waals surface area (Å²) in [4.78, 5) is 10.8. The highest BCUT2D eigenvalue weighted by molar-refractivity contribution is 7.89. The fourth-order valence-electron chi connectivity index (χ4n) is 2.52. The quantitative estimate of drug-likeness (QED) is 0.905. The molecule has 1 heterocycles. The van der Waals surface area contributed by atoms with Crippen LogP contribution in [-0.2, 0) is 14.8 Å². The van der Waals surface area contributed by atoms with E-state index in [0.29, 0.717) is 24.1 Å². The summed E-state index contributed by atoms with van der Waals surface area (Å²) in [6.07, 6.45) is 0.520. The number of nitrogens with zero attached hydrogens (tertiary/aromatic N) is 2. The van der Waals surface area contributed by atoms with Crippen molar-refractivity contribution in [1.29, 1.82) is 5.26 Å². The Morgan fingerprint density at radius 2 is 2.24 bits per heavy atom. The Kier molecular flexibility index (Phi) is 4.30. The molecule has 6 nitrogen and oxygen atoms in total. The second-order valence-corrected chi connectivity index (χ2v) is 7.11. The lowest BCUT2D eigenvalue weighted by molar-refractivity contribution is -0.137. The van der Waals surface area contributed by atoms with Gasteiger partial charge in [-0.3, -0.25) is 4.79 Å². The lowest BCUT2D eigenvalue weighted by atomic mass is 10.1. The standard InChI is InChI=1S/C14H16N2O4S/c1-10-2-3-11(8-15)6-13(10)21(19,20)16-5-4-12(9-16)7-14(17)18/h2-3,6,12H,4-5,7,9H2,1H3,(H,17,18). The van der Waals surface area contributed by atoms with E-state index in [9.17, 15) is 13.2 Å². The van der Waals surface area contributed by atoms with E-state index in [0.717, 1.165) is 0 Å². The molecule has 0 saturated carbocycles. The van der Waals surface area contributed by atoms with E-state index in [4.69, 9.17) is 10.4 Å². The fraction of sp³-hybridized carbons (Fsp3) is 0.429. The van der Waals surface area contributed by atoms with Crippen molar-refractivity contribution in [2.24, 2.45) is 5.92 Å². The smallest absolute Gasteiger partial charge is 0.303 e. The van der Waals surface area contributed by atoms with Crippen LogP contribution < -0.4 is 0 Å². The van der Waals surface area contributed by atoms with Gasteiger partial charge in [0.15, 0.2) is 0 Å². The molecule has 1 atom stereocenters. The lowest BCUT2D eigenvalue weighted by Crippen LogP contribution is -2.29. The van der Waals surface area contributed by atoms with Crippen molar-refractivity contribution in [2.45, 2.75) is 24.7 Å². The average Bonchev–Trinajstić information content (AvgIpc) is 2.87. The summed E-state index contributed by atoms with van der Waals surface area (Å²) in [5, 5.41) is 17.7. The predicted octanol–water partition coefficient (Wildman–Crippen LogP) is 1.35. The molecule has 0 spiro atoms. The van der Waals surface area contributed by atoms with Crippen LogP contribution in [0.15, 0.2) is 23.1 Å². The lowest BCUT2D eigenvalue weighted by Gasteiger charge is -2.18. The van der Waals surface area contributed by atoms with Crippen molar-refractivity contribution in [1.82, 2.24) is 4.31 Å². The molecule has 0 radical (unpaired) electrons. The first-order valence-corrected chi connectivity index (χ1v) is 8.01. The first-order chi connectivity index (χ1) is 9.84. The van der Waals surface area contributed by atoms with E-state index in [1.54, 1.807) is 19.1 Å². The Balaban J connectivity index is 2.28. The summed E-state index contributed by atoms with van der Waals surface area (Å²) in [6.45, 7) is 2.21. The SMILES string of the molecule is Cc1ccc(C#N)cc1S(=O)(=O)N1CCC(CC(=O)O)C1. The van der Waals surface area contributed by atoms with Crippen LogP contribution in [0.5, 0.6) is 0 Å². The number of carbonyl (C=O) groups is 1. The first kappa shape index (κ1) is 15.5. The summed E-state index contributed by atoms with van der Waals surface area (Å²) in [5.41, 5.74) is 0.871. The van der Waals surface area contributed by atoms with Gasteiger partial charge in [0.25, 0.3) is 0 Å². The third-order valence-corrected chi connectivity index (χ3v) is 5.65. The van der Waals surface area contributed by atoms with Gasteiger partial charge in [0.1, 0.15) is 0 Å². The van der Waals surface area contributed by atoms with Crippen molar-refractivity contribution in [3.8, 4) is 6.07 Å². The van der Waals surface area contributed by atoms with Crippen molar-refractivity contribution in [3.63, 3.8) is 0 Å². The van der Waals surface area contributed by atoms with Crippen LogP contribution in [0.2, 0.25) is 0 Å². The highest BCUT2D eigenvalue weighted by Crippen LogP contribution is 2.28. The van der Waals surface area contributed by atoms with E-state index in [2.05, 4.69) is 0 Å². The number of aliphatic carboxylic acids is 1. The van der Waals surface area contributed by atoms with E-state index < -0.39 is 16.0 Å². The van der Waals surface area contributed by atoms with E-state index in [-0.39, 0.29) is 23.8 Å². The Bertz CT molecular complexity index is 706. The number of nitriles is 1. The molecule has 0 aliphatic carbocycles. The maximum absolute atomic E-state index is 12.6. The molecule has 1 aliphatic rings. The first-order valence-electron chi connectivity index (χ1n) is 6.57. The minimum Gasteiger partial charge on any atom is -0.481 e. The zero-order valence-electron chi connectivity index (χ0n) is 11.6. The third-order valence-electron chi connectivity index (χ3n) is 3.65. The minimum atomic E-state index is -3.68. The van der Waals surface area contributed by atoms with Gasteiger partial charge in [0, 0.05) is 19.5 Å². The summed E-state index contributed by atoms with van der Waals surface area (Å²) in [7, 11) is -3.68. The molecule has 0 aromatic heterocycles. The Labute approximate surface area is 123 Å². The number of sulfonamides is 1. The monoisotopic (exact) mass is 308 g/mol. The van der Waals surface area contributed by atoms with Gasteiger partial charge in [0.05, 0.1) is 16.5 Å². The molecule has 1 aliphatic heterocycles. The van der Waals surface area contributed by atoms with E-state index in [1.807, 2.05) is 6.07 Å². The highest BCUT2D eigenvalue weighted by atomic mass is 32.2. The summed E-state index contributed by atoms with van der Waals surface area (Å²) < 4.78 is 26.6. The van der Waals surface area contributed by atoms with E-state index >= 15 is 0 Å².